The number of imidazole rings is 1. The molecule has 0 saturated carbocycles. The van der Waals surface area contributed by atoms with Gasteiger partial charge in [-0.1, -0.05) is 0 Å². The summed E-state index contributed by atoms with van der Waals surface area (Å²) in [6.45, 7) is 11.6. The lowest BCUT2D eigenvalue weighted by Gasteiger charge is -2.22. The largest absolute Gasteiger partial charge is 0.324 e. The molecule has 1 N–H and O–H groups in total. The Balaban J connectivity index is 2.15. The summed E-state index contributed by atoms with van der Waals surface area (Å²) in [5.41, 5.74) is 1.30. The van der Waals surface area contributed by atoms with Gasteiger partial charge in [-0.15, -0.1) is 11.3 Å². The second-order valence-electron chi connectivity index (χ2n) is 5.88. The van der Waals surface area contributed by atoms with E-state index in [0.717, 1.165) is 11.6 Å². The highest BCUT2D eigenvalue weighted by atomic mass is 32.1. The van der Waals surface area contributed by atoms with Crippen LogP contribution in [0.5, 0.6) is 0 Å². The van der Waals surface area contributed by atoms with Crippen molar-refractivity contribution in [2.24, 2.45) is 0 Å². The van der Waals surface area contributed by atoms with Gasteiger partial charge in [0.2, 0.25) is 0 Å². The van der Waals surface area contributed by atoms with Crippen LogP contribution in [0.1, 0.15) is 49.3 Å². The number of hydrogen-bond donors (Lipinski definition) is 1. The smallest absolute Gasteiger partial charge is 0.115 e. The first-order valence-electron chi connectivity index (χ1n) is 6.55. The number of aromatic nitrogens is 3. The monoisotopic (exact) mass is 278 g/mol. The lowest BCUT2D eigenvalue weighted by atomic mass is 10.1. The average molecular weight is 278 g/mol. The first kappa shape index (κ1) is 14.2. The molecule has 0 bridgehead atoms. The molecule has 2 heterocycles. The quantitative estimate of drug-likeness (QED) is 0.934. The molecule has 0 amide bonds. The van der Waals surface area contributed by atoms with Gasteiger partial charge in [0.25, 0.3) is 0 Å². The highest BCUT2D eigenvalue weighted by Gasteiger charge is 2.16. The summed E-state index contributed by atoms with van der Waals surface area (Å²) in [7, 11) is 0. The number of nitrogens with one attached hydrogen (secondary N) is 1. The van der Waals surface area contributed by atoms with Crippen LogP contribution in [-0.4, -0.2) is 20.1 Å². The average Bonchev–Trinajstić information content (AvgIpc) is 2.93. The number of hydrogen-bond acceptors (Lipinski definition) is 4. The molecule has 0 fully saturated rings. The minimum atomic E-state index is 0.107. The van der Waals surface area contributed by atoms with Crippen LogP contribution >= 0.6 is 11.3 Å². The molecular formula is C14H22N4S. The van der Waals surface area contributed by atoms with Gasteiger partial charge in [0.05, 0.1) is 18.1 Å². The summed E-state index contributed by atoms with van der Waals surface area (Å²) < 4.78 is 2.19. The molecule has 104 valence electrons. The maximum atomic E-state index is 4.47. The van der Waals surface area contributed by atoms with Crippen molar-refractivity contribution < 1.29 is 0 Å². The highest BCUT2D eigenvalue weighted by molar-refractivity contribution is 7.11. The van der Waals surface area contributed by atoms with E-state index in [2.05, 4.69) is 54.5 Å². The molecule has 2 aromatic heterocycles. The van der Waals surface area contributed by atoms with Crippen LogP contribution in [0.2, 0.25) is 0 Å². The van der Waals surface area contributed by atoms with Crippen LogP contribution in [0, 0.1) is 6.92 Å². The predicted molar refractivity (Wildman–Crippen MR) is 79.5 cm³/mol. The van der Waals surface area contributed by atoms with E-state index in [0.29, 0.717) is 0 Å². The van der Waals surface area contributed by atoms with E-state index in [1.165, 1.54) is 10.6 Å². The molecule has 2 aromatic rings. The topological polar surface area (TPSA) is 42.7 Å². The van der Waals surface area contributed by atoms with Gasteiger partial charge in [-0.25, -0.2) is 9.97 Å². The lowest BCUT2D eigenvalue weighted by Crippen LogP contribution is -2.35. The van der Waals surface area contributed by atoms with Gasteiger partial charge < -0.3 is 9.88 Å². The third kappa shape index (κ3) is 3.64. The summed E-state index contributed by atoms with van der Waals surface area (Å²) in [5.74, 6) is 0. The van der Waals surface area contributed by atoms with Crippen molar-refractivity contribution in [2.45, 2.75) is 52.7 Å². The zero-order valence-electron chi connectivity index (χ0n) is 12.3. The Hall–Kier alpha value is -1.20. The Morgan fingerprint density at radius 1 is 1.37 bits per heavy atom. The standard InChI is InChI=1S/C14H22N4S/c1-10-6-16-13(19-10)11(2)18-9-15-7-12(18)8-17-14(3,4)5/h6-7,9,11,17H,8H2,1-5H3. The zero-order chi connectivity index (χ0) is 14.0. The molecule has 0 aromatic carbocycles. The minimum Gasteiger partial charge on any atom is -0.324 e. The van der Waals surface area contributed by atoms with Gasteiger partial charge in [0, 0.05) is 29.4 Å². The van der Waals surface area contributed by atoms with E-state index in [-0.39, 0.29) is 11.6 Å². The Morgan fingerprint density at radius 3 is 2.68 bits per heavy atom. The van der Waals surface area contributed by atoms with Crippen molar-refractivity contribution in [3.05, 3.63) is 34.3 Å². The molecule has 19 heavy (non-hydrogen) atoms. The maximum Gasteiger partial charge on any atom is 0.115 e. The van der Waals surface area contributed by atoms with E-state index in [1.54, 1.807) is 11.3 Å². The second-order valence-corrected chi connectivity index (χ2v) is 7.15. The van der Waals surface area contributed by atoms with Gasteiger partial charge in [-0.05, 0) is 34.6 Å². The number of aryl methyl sites for hydroxylation is 1. The number of nitrogens with zero attached hydrogens (tertiary/aromatic N) is 3. The van der Waals surface area contributed by atoms with Crippen molar-refractivity contribution in [1.29, 1.82) is 0 Å². The first-order chi connectivity index (χ1) is 8.87. The van der Waals surface area contributed by atoms with E-state index in [1.807, 2.05) is 18.7 Å². The molecule has 2 rings (SSSR count). The summed E-state index contributed by atoms with van der Waals surface area (Å²) in [5, 5.41) is 4.63. The van der Waals surface area contributed by atoms with E-state index in [4.69, 9.17) is 0 Å². The van der Waals surface area contributed by atoms with Crippen molar-refractivity contribution in [3.63, 3.8) is 0 Å². The minimum absolute atomic E-state index is 0.107. The Bertz CT molecular complexity index is 536. The zero-order valence-corrected chi connectivity index (χ0v) is 13.1. The number of thiazole rings is 1. The van der Waals surface area contributed by atoms with Crippen molar-refractivity contribution in [1.82, 2.24) is 19.9 Å². The first-order valence-corrected chi connectivity index (χ1v) is 7.36. The third-order valence-electron chi connectivity index (χ3n) is 2.96. The fourth-order valence-electron chi connectivity index (χ4n) is 1.86. The molecule has 0 aliphatic carbocycles. The van der Waals surface area contributed by atoms with Gasteiger partial charge >= 0.3 is 0 Å². The lowest BCUT2D eigenvalue weighted by molar-refractivity contribution is 0.413. The molecule has 0 radical (unpaired) electrons. The van der Waals surface area contributed by atoms with Crippen LogP contribution in [0.3, 0.4) is 0 Å². The molecule has 0 aliphatic heterocycles. The molecule has 1 atom stereocenters. The van der Waals surface area contributed by atoms with Crippen LogP contribution < -0.4 is 5.32 Å². The van der Waals surface area contributed by atoms with E-state index < -0.39 is 0 Å². The van der Waals surface area contributed by atoms with Crippen molar-refractivity contribution in [3.8, 4) is 0 Å². The van der Waals surface area contributed by atoms with Gasteiger partial charge in [-0.2, -0.15) is 0 Å². The normalized spacial score (nSPS) is 13.7. The van der Waals surface area contributed by atoms with Crippen LogP contribution in [0.4, 0.5) is 0 Å². The molecule has 0 spiro atoms. The van der Waals surface area contributed by atoms with Gasteiger partial charge in [0.15, 0.2) is 0 Å². The summed E-state index contributed by atoms with van der Waals surface area (Å²) in [6.07, 6.45) is 5.75. The van der Waals surface area contributed by atoms with Crippen molar-refractivity contribution in [2.75, 3.05) is 0 Å². The number of rotatable bonds is 4. The van der Waals surface area contributed by atoms with Crippen LogP contribution in [0.25, 0.3) is 0 Å². The van der Waals surface area contributed by atoms with Gasteiger partial charge in [-0.3, -0.25) is 0 Å². The molecule has 5 heteroatoms. The summed E-state index contributed by atoms with van der Waals surface area (Å²) in [6, 6.07) is 0.234. The Labute approximate surface area is 118 Å². The van der Waals surface area contributed by atoms with E-state index >= 15 is 0 Å². The van der Waals surface area contributed by atoms with E-state index in [9.17, 15) is 0 Å². The summed E-state index contributed by atoms with van der Waals surface area (Å²) in [4.78, 5) is 9.99. The highest BCUT2D eigenvalue weighted by Crippen LogP contribution is 2.24. The van der Waals surface area contributed by atoms with Crippen LogP contribution in [0.15, 0.2) is 18.7 Å². The Kier molecular flexibility index (Phi) is 4.06. The predicted octanol–water partition coefficient (Wildman–Crippen LogP) is 3.15. The summed E-state index contributed by atoms with van der Waals surface area (Å²) >= 11 is 1.75. The molecular weight excluding hydrogens is 256 g/mol. The third-order valence-corrected chi connectivity index (χ3v) is 4.04. The fourth-order valence-corrected chi connectivity index (χ4v) is 2.68. The van der Waals surface area contributed by atoms with Crippen LogP contribution in [-0.2, 0) is 6.54 Å². The SMILES string of the molecule is Cc1cnc(C(C)n2cncc2CNC(C)(C)C)s1. The Morgan fingerprint density at radius 2 is 2.11 bits per heavy atom. The maximum absolute atomic E-state index is 4.47. The molecule has 1 unspecified atom stereocenters. The van der Waals surface area contributed by atoms with Crippen molar-refractivity contribution >= 4 is 11.3 Å². The fraction of sp³-hybridized carbons (Fsp3) is 0.571. The molecule has 4 nitrogen and oxygen atoms in total. The second kappa shape index (κ2) is 5.43. The molecule has 0 aliphatic rings. The van der Waals surface area contributed by atoms with Gasteiger partial charge in [0.1, 0.15) is 5.01 Å². The molecule has 0 saturated heterocycles.